The standard InChI is InChI=1S/C14H23ClSSi/c1-6-17(15,7-2)16-13-10-8-12(9-11-13)14(3,4)5/h8-11H,6-7H2,1-5H3. The van der Waals surface area contributed by atoms with Gasteiger partial charge in [0.1, 0.15) is 0 Å². The molecule has 0 aliphatic rings. The molecular weight excluding hydrogens is 264 g/mol. The summed E-state index contributed by atoms with van der Waals surface area (Å²) in [5.74, 6) is 0. The summed E-state index contributed by atoms with van der Waals surface area (Å²) in [5, 5.41) is 0. The van der Waals surface area contributed by atoms with E-state index in [2.05, 4.69) is 58.9 Å². The zero-order chi connectivity index (χ0) is 13.1. The number of hydrogen-bond donors (Lipinski definition) is 0. The van der Waals surface area contributed by atoms with E-state index in [1.165, 1.54) is 10.5 Å². The number of hydrogen-bond acceptors (Lipinski definition) is 1. The van der Waals surface area contributed by atoms with E-state index in [9.17, 15) is 0 Å². The molecule has 0 unspecified atom stereocenters. The lowest BCUT2D eigenvalue weighted by molar-refractivity contribution is 0.590. The van der Waals surface area contributed by atoms with Gasteiger partial charge >= 0.3 is 0 Å². The van der Waals surface area contributed by atoms with E-state index in [1.54, 1.807) is 0 Å². The Labute approximate surface area is 116 Å². The molecule has 0 bridgehead atoms. The first-order valence-corrected chi connectivity index (χ1v) is 11.3. The van der Waals surface area contributed by atoms with Gasteiger partial charge in [0, 0.05) is 4.90 Å². The number of benzene rings is 1. The van der Waals surface area contributed by atoms with E-state index in [-0.39, 0.29) is 5.41 Å². The highest BCUT2D eigenvalue weighted by molar-refractivity contribution is 8.33. The fourth-order valence-corrected chi connectivity index (χ4v) is 6.46. The Balaban J connectivity index is 2.82. The van der Waals surface area contributed by atoms with Crippen molar-refractivity contribution in [3.63, 3.8) is 0 Å². The van der Waals surface area contributed by atoms with Crippen molar-refractivity contribution < 1.29 is 0 Å². The molecule has 0 aliphatic carbocycles. The van der Waals surface area contributed by atoms with E-state index in [4.69, 9.17) is 11.1 Å². The third kappa shape index (κ3) is 4.35. The van der Waals surface area contributed by atoms with Crippen LogP contribution in [0.4, 0.5) is 0 Å². The van der Waals surface area contributed by atoms with E-state index in [0.717, 1.165) is 12.1 Å². The van der Waals surface area contributed by atoms with Gasteiger partial charge in [-0.2, -0.15) is 11.1 Å². The number of rotatable bonds is 4. The van der Waals surface area contributed by atoms with Crippen molar-refractivity contribution in [2.45, 2.75) is 57.0 Å². The molecule has 0 amide bonds. The zero-order valence-corrected chi connectivity index (χ0v) is 14.1. The fraction of sp³-hybridized carbons (Fsp3) is 0.571. The summed E-state index contributed by atoms with van der Waals surface area (Å²) in [6, 6.07) is 11.2. The molecule has 0 saturated carbocycles. The van der Waals surface area contributed by atoms with Crippen LogP contribution in [0.25, 0.3) is 0 Å². The van der Waals surface area contributed by atoms with Crippen LogP contribution in [0.3, 0.4) is 0 Å². The molecule has 0 radical (unpaired) electrons. The lowest BCUT2D eigenvalue weighted by Crippen LogP contribution is -2.19. The summed E-state index contributed by atoms with van der Waals surface area (Å²) in [6.07, 6.45) is 0. The molecule has 0 aromatic heterocycles. The van der Waals surface area contributed by atoms with E-state index in [0.29, 0.717) is 0 Å². The summed E-state index contributed by atoms with van der Waals surface area (Å²) >= 11 is 8.59. The van der Waals surface area contributed by atoms with Crippen molar-refractivity contribution in [3.05, 3.63) is 29.8 Å². The van der Waals surface area contributed by atoms with E-state index >= 15 is 0 Å². The Bertz CT molecular complexity index is 349. The van der Waals surface area contributed by atoms with Crippen LogP contribution < -0.4 is 0 Å². The molecule has 0 nitrogen and oxygen atoms in total. The van der Waals surface area contributed by atoms with Crippen LogP contribution in [0.2, 0.25) is 12.1 Å². The van der Waals surface area contributed by atoms with E-state index in [1.807, 2.05) is 11.2 Å². The quantitative estimate of drug-likeness (QED) is 0.498. The first kappa shape index (κ1) is 15.1. The van der Waals surface area contributed by atoms with Gasteiger partial charge in [0.05, 0.1) is 0 Å². The molecule has 0 spiro atoms. The highest BCUT2D eigenvalue weighted by atomic mass is 35.6. The van der Waals surface area contributed by atoms with Crippen molar-refractivity contribution in [1.29, 1.82) is 0 Å². The monoisotopic (exact) mass is 286 g/mol. The zero-order valence-electron chi connectivity index (χ0n) is 11.5. The Hall–Kier alpha value is 0.0769. The predicted molar refractivity (Wildman–Crippen MR) is 83.6 cm³/mol. The average Bonchev–Trinajstić information content (AvgIpc) is 2.28. The van der Waals surface area contributed by atoms with Crippen LogP contribution in [-0.2, 0) is 5.41 Å². The molecule has 1 aromatic rings. The molecule has 0 fully saturated rings. The average molecular weight is 287 g/mol. The van der Waals surface area contributed by atoms with Crippen LogP contribution in [0.15, 0.2) is 29.2 Å². The molecule has 17 heavy (non-hydrogen) atoms. The summed E-state index contributed by atoms with van der Waals surface area (Å²) in [7, 11) is 0. The normalized spacial score (nSPS) is 12.8. The van der Waals surface area contributed by atoms with Gasteiger partial charge in [-0.05, 0) is 35.2 Å². The molecule has 1 aromatic carbocycles. The van der Waals surface area contributed by atoms with Crippen molar-refractivity contribution in [1.82, 2.24) is 0 Å². The maximum Gasteiger partial charge on any atom is 0.219 e. The molecule has 96 valence electrons. The van der Waals surface area contributed by atoms with Crippen molar-refractivity contribution in [3.8, 4) is 0 Å². The van der Waals surface area contributed by atoms with E-state index < -0.39 is 6.53 Å². The second-order valence-corrected chi connectivity index (χ2v) is 15.1. The Kier molecular flexibility index (Phi) is 5.17. The fourth-order valence-electron chi connectivity index (χ4n) is 1.63. The second kappa shape index (κ2) is 5.81. The Morgan fingerprint density at radius 1 is 1.06 bits per heavy atom. The molecule has 1 rings (SSSR count). The minimum Gasteiger partial charge on any atom is -0.152 e. The van der Waals surface area contributed by atoms with Gasteiger partial charge < -0.3 is 0 Å². The molecule has 0 atom stereocenters. The summed E-state index contributed by atoms with van der Waals surface area (Å²) < 4.78 is 0. The summed E-state index contributed by atoms with van der Waals surface area (Å²) in [4.78, 5) is 1.32. The second-order valence-electron chi connectivity index (χ2n) is 5.47. The SMILES string of the molecule is CC[Si](Cl)(CC)Sc1ccc(C(C)(C)C)cc1. The van der Waals surface area contributed by atoms with Gasteiger partial charge in [0.2, 0.25) is 6.53 Å². The van der Waals surface area contributed by atoms with Crippen LogP contribution in [0.5, 0.6) is 0 Å². The lowest BCUT2D eigenvalue weighted by Gasteiger charge is -2.22. The van der Waals surface area contributed by atoms with Gasteiger partial charge in [-0.1, -0.05) is 46.8 Å². The summed E-state index contributed by atoms with van der Waals surface area (Å²) in [6.45, 7) is 9.53. The van der Waals surface area contributed by atoms with Crippen LogP contribution in [0.1, 0.15) is 40.2 Å². The van der Waals surface area contributed by atoms with Crippen LogP contribution in [-0.4, -0.2) is 6.53 Å². The van der Waals surface area contributed by atoms with Gasteiger partial charge in [0.25, 0.3) is 0 Å². The Morgan fingerprint density at radius 3 is 1.88 bits per heavy atom. The molecule has 0 N–H and O–H groups in total. The van der Waals surface area contributed by atoms with Crippen molar-refractivity contribution in [2.75, 3.05) is 0 Å². The van der Waals surface area contributed by atoms with Crippen molar-refractivity contribution in [2.24, 2.45) is 0 Å². The molecular formula is C14H23ClSSi. The van der Waals surface area contributed by atoms with Crippen LogP contribution >= 0.6 is 22.3 Å². The summed E-state index contributed by atoms with van der Waals surface area (Å²) in [5.41, 5.74) is 1.62. The predicted octanol–water partition coefficient (Wildman–Crippen LogP) is 5.80. The number of halogens is 1. The van der Waals surface area contributed by atoms with Crippen LogP contribution in [0, 0.1) is 0 Å². The molecule has 0 aliphatic heterocycles. The smallest absolute Gasteiger partial charge is 0.152 e. The maximum atomic E-state index is 6.67. The Morgan fingerprint density at radius 2 is 1.53 bits per heavy atom. The minimum absolute atomic E-state index is 0.230. The lowest BCUT2D eigenvalue weighted by atomic mass is 9.87. The first-order valence-electron chi connectivity index (χ1n) is 6.29. The largest absolute Gasteiger partial charge is 0.219 e. The molecule has 3 heteroatoms. The third-order valence-electron chi connectivity index (χ3n) is 3.08. The van der Waals surface area contributed by atoms with Gasteiger partial charge in [-0.15, -0.1) is 11.2 Å². The third-order valence-corrected chi connectivity index (χ3v) is 11.9. The molecule has 0 heterocycles. The van der Waals surface area contributed by atoms with Gasteiger partial charge in [0.15, 0.2) is 0 Å². The van der Waals surface area contributed by atoms with Crippen molar-refractivity contribution >= 4 is 28.8 Å². The topological polar surface area (TPSA) is 0 Å². The first-order chi connectivity index (χ1) is 7.80. The van der Waals surface area contributed by atoms with Gasteiger partial charge in [-0.25, -0.2) is 0 Å². The maximum absolute atomic E-state index is 6.67. The highest BCUT2D eigenvalue weighted by Gasteiger charge is 2.28. The highest BCUT2D eigenvalue weighted by Crippen LogP contribution is 2.38. The minimum atomic E-state index is -1.61. The molecule has 0 saturated heterocycles. The van der Waals surface area contributed by atoms with Gasteiger partial charge in [-0.3, -0.25) is 0 Å².